The van der Waals surface area contributed by atoms with Gasteiger partial charge in [-0.3, -0.25) is 4.79 Å². The molecule has 2 aromatic heterocycles. The van der Waals surface area contributed by atoms with Crippen LogP contribution in [-0.2, 0) is 11.0 Å². The molecule has 0 spiro atoms. The Morgan fingerprint density at radius 3 is 2.43 bits per heavy atom. The van der Waals surface area contributed by atoms with Crippen molar-refractivity contribution in [2.45, 2.75) is 38.0 Å². The number of halogens is 3. The predicted octanol–water partition coefficient (Wildman–Crippen LogP) is 3.91. The van der Waals surface area contributed by atoms with Crippen LogP contribution in [0.25, 0.3) is 5.65 Å². The number of hydrogen-bond acceptors (Lipinski definition) is 5. The van der Waals surface area contributed by atoms with Crippen LogP contribution in [-0.4, -0.2) is 26.6 Å². The number of nitrogens with two attached hydrogens (primary N) is 1. The summed E-state index contributed by atoms with van der Waals surface area (Å²) in [6, 6.07) is 9.94. The fourth-order valence-electron chi connectivity index (χ4n) is 3.53. The van der Waals surface area contributed by atoms with E-state index in [-0.39, 0.29) is 23.9 Å². The molecule has 1 saturated carbocycles. The van der Waals surface area contributed by atoms with E-state index in [1.54, 1.807) is 18.2 Å². The first-order valence-electron chi connectivity index (χ1n) is 9.55. The van der Waals surface area contributed by atoms with E-state index < -0.39 is 11.7 Å². The molecule has 1 fully saturated rings. The highest BCUT2D eigenvalue weighted by atomic mass is 19.4. The maximum absolute atomic E-state index is 12.7. The molecule has 1 aliphatic carbocycles. The fourth-order valence-corrected chi connectivity index (χ4v) is 3.53. The largest absolute Gasteiger partial charge is 0.474 e. The summed E-state index contributed by atoms with van der Waals surface area (Å²) in [6.07, 6.45) is -1.63. The Balaban J connectivity index is 1.48. The predicted molar refractivity (Wildman–Crippen MR) is 103 cm³/mol. The van der Waals surface area contributed by atoms with Crippen LogP contribution in [0.3, 0.4) is 0 Å². The second-order valence-electron chi connectivity index (χ2n) is 7.26. The number of ether oxygens (including phenoxy) is 1. The number of primary amides is 1. The Bertz CT molecular complexity index is 1040. The third-order valence-corrected chi connectivity index (χ3v) is 5.16. The highest BCUT2D eigenvalue weighted by Gasteiger charge is 2.30. The number of nitrogens with one attached hydrogen (secondary N) is 1. The lowest BCUT2D eigenvalue weighted by atomic mass is 9.87. The molecule has 1 amide bonds. The van der Waals surface area contributed by atoms with Crippen molar-refractivity contribution >= 4 is 23.2 Å². The molecule has 0 aliphatic heterocycles. The first kappa shape index (κ1) is 20.0. The van der Waals surface area contributed by atoms with Crippen LogP contribution in [0.1, 0.15) is 31.2 Å². The number of nitrogens with zero attached hydrogens (tertiary/aromatic N) is 3. The summed E-state index contributed by atoms with van der Waals surface area (Å²) < 4.78 is 45.7. The van der Waals surface area contributed by atoms with E-state index in [0.29, 0.717) is 30.1 Å². The zero-order valence-corrected chi connectivity index (χ0v) is 15.9. The Morgan fingerprint density at radius 1 is 1.10 bits per heavy atom. The summed E-state index contributed by atoms with van der Waals surface area (Å²) in [6.45, 7) is 0. The molecule has 0 bridgehead atoms. The lowest BCUT2D eigenvalue weighted by Crippen LogP contribution is -2.31. The van der Waals surface area contributed by atoms with E-state index in [4.69, 9.17) is 10.5 Å². The van der Waals surface area contributed by atoms with Crippen molar-refractivity contribution in [2.75, 3.05) is 5.32 Å². The van der Waals surface area contributed by atoms with Crippen molar-refractivity contribution in [3.8, 4) is 5.88 Å². The van der Waals surface area contributed by atoms with Crippen molar-refractivity contribution in [2.24, 2.45) is 11.7 Å². The standard InChI is InChI=1S/C20H20F3N5O2/c21-20(22,23)13-6-8-14(9-7-13)25-19-26-16-2-1-3-17(28(16)27-19)30-15-10-4-12(5-11-15)18(24)29/h1-3,6-9,12,15H,4-5,10-11H2,(H2,24,29)(H,25,27)/t12-,15+. The summed E-state index contributed by atoms with van der Waals surface area (Å²) >= 11 is 0. The summed E-state index contributed by atoms with van der Waals surface area (Å²) in [7, 11) is 0. The first-order chi connectivity index (χ1) is 14.3. The second-order valence-corrected chi connectivity index (χ2v) is 7.26. The minimum Gasteiger partial charge on any atom is -0.474 e. The number of carbonyl (C=O) groups excluding carboxylic acids is 1. The maximum Gasteiger partial charge on any atom is 0.416 e. The SMILES string of the molecule is NC(=O)[C@H]1CC[C@@H](Oc2cccc3nc(Nc4ccc(C(F)(F)F)cc4)nn23)CC1. The monoisotopic (exact) mass is 419 g/mol. The molecule has 0 unspecified atom stereocenters. The highest BCUT2D eigenvalue weighted by molar-refractivity contribution is 5.76. The second kappa shape index (κ2) is 7.85. The topological polar surface area (TPSA) is 94.5 Å². The van der Waals surface area contributed by atoms with Gasteiger partial charge in [0.05, 0.1) is 5.56 Å². The average Bonchev–Trinajstić information content (AvgIpc) is 3.11. The van der Waals surface area contributed by atoms with Crippen molar-refractivity contribution in [3.63, 3.8) is 0 Å². The molecule has 4 rings (SSSR count). The van der Waals surface area contributed by atoms with Crippen LogP contribution in [0.4, 0.5) is 24.8 Å². The van der Waals surface area contributed by atoms with Gasteiger partial charge in [-0.05, 0) is 56.0 Å². The summed E-state index contributed by atoms with van der Waals surface area (Å²) in [4.78, 5) is 15.7. The lowest BCUT2D eigenvalue weighted by Gasteiger charge is -2.27. The smallest absolute Gasteiger partial charge is 0.416 e. The van der Waals surface area contributed by atoms with Gasteiger partial charge in [-0.2, -0.15) is 22.7 Å². The molecule has 30 heavy (non-hydrogen) atoms. The van der Waals surface area contributed by atoms with Crippen molar-refractivity contribution in [1.82, 2.24) is 14.6 Å². The average molecular weight is 419 g/mol. The Morgan fingerprint density at radius 2 is 1.80 bits per heavy atom. The number of alkyl halides is 3. The number of rotatable bonds is 5. The van der Waals surface area contributed by atoms with Crippen LogP contribution in [0.15, 0.2) is 42.5 Å². The first-order valence-corrected chi connectivity index (χ1v) is 9.55. The number of aromatic nitrogens is 3. The van der Waals surface area contributed by atoms with Gasteiger partial charge in [0.2, 0.25) is 17.7 Å². The van der Waals surface area contributed by atoms with Crippen LogP contribution in [0.2, 0.25) is 0 Å². The molecule has 1 aromatic carbocycles. The Kier molecular flexibility index (Phi) is 5.23. The van der Waals surface area contributed by atoms with Gasteiger partial charge in [0, 0.05) is 17.7 Å². The van der Waals surface area contributed by atoms with Crippen LogP contribution in [0.5, 0.6) is 5.88 Å². The van der Waals surface area contributed by atoms with Crippen LogP contribution >= 0.6 is 0 Å². The molecule has 2 heterocycles. The maximum atomic E-state index is 12.7. The van der Waals surface area contributed by atoms with E-state index in [2.05, 4.69) is 15.4 Å². The third kappa shape index (κ3) is 4.32. The van der Waals surface area contributed by atoms with Gasteiger partial charge in [0.1, 0.15) is 6.10 Å². The van der Waals surface area contributed by atoms with Gasteiger partial charge in [-0.1, -0.05) is 6.07 Å². The fraction of sp³-hybridized carbons (Fsp3) is 0.350. The summed E-state index contributed by atoms with van der Waals surface area (Å²) in [5.74, 6) is 0.364. The molecule has 7 nitrogen and oxygen atoms in total. The number of carbonyl (C=O) groups is 1. The molecule has 1 aliphatic rings. The molecule has 10 heteroatoms. The zero-order chi connectivity index (χ0) is 21.3. The Labute approximate surface area is 170 Å². The number of benzene rings is 1. The van der Waals surface area contributed by atoms with Crippen molar-refractivity contribution in [3.05, 3.63) is 48.0 Å². The van der Waals surface area contributed by atoms with Crippen molar-refractivity contribution in [1.29, 1.82) is 0 Å². The van der Waals surface area contributed by atoms with E-state index >= 15 is 0 Å². The van der Waals surface area contributed by atoms with Gasteiger partial charge in [0.15, 0.2) is 5.65 Å². The molecule has 0 atom stereocenters. The molecule has 0 radical (unpaired) electrons. The quantitative estimate of drug-likeness (QED) is 0.654. The molecule has 0 saturated heterocycles. The molecule has 158 valence electrons. The zero-order valence-electron chi connectivity index (χ0n) is 15.9. The number of pyridine rings is 1. The molecule has 3 N–H and O–H groups in total. The molecule has 3 aromatic rings. The van der Waals surface area contributed by atoms with E-state index in [0.717, 1.165) is 25.0 Å². The summed E-state index contributed by atoms with van der Waals surface area (Å²) in [5.41, 5.74) is 5.62. The Hall–Kier alpha value is -3.30. The minimum absolute atomic E-state index is 0.0540. The number of amides is 1. The van der Waals surface area contributed by atoms with Crippen LogP contribution < -0.4 is 15.8 Å². The number of fused-ring (bicyclic) bond motifs is 1. The normalized spacial score (nSPS) is 19.6. The molecular weight excluding hydrogens is 399 g/mol. The number of anilines is 2. The van der Waals surface area contributed by atoms with E-state index in [9.17, 15) is 18.0 Å². The minimum atomic E-state index is -4.39. The highest BCUT2D eigenvalue weighted by Crippen LogP contribution is 2.31. The molecular formula is C20H20F3N5O2. The van der Waals surface area contributed by atoms with Gasteiger partial charge in [-0.25, -0.2) is 0 Å². The van der Waals surface area contributed by atoms with E-state index in [1.165, 1.54) is 16.6 Å². The van der Waals surface area contributed by atoms with Gasteiger partial charge >= 0.3 is 6.18 Å². The van der Waals surface area contributed by atoms with E-state index in [1.807, 2.05) is 0 Å². The lowest BCUT2D eigenvalue weighted by molar-refractivity contribution is -0.137. The summed E-state index contributed by atoms with van der Waals surface area (Å²) in [5, 5.41) is 7.26. The van der Waals surface area contributed by atoms with Gasteiger partial charge in [-0.15, -0.1) is 5.10 Å². The van der Waals surface area contributed by atoms with Gasteiger partial charge in [0.25, 0.3) is 0 Å². The van der Waals surface area contributed by atoms with Crippen molar-refractivity contribution < 1.29 is 22.7 Å². The number of hydrogen-bond donors (Lipinski definition) is 2. The van der Waals surface area contributed by atoms with Gasteiger partial charge < -0.3 is 15.8 Å². The third-order valence-electron chi connectivity index (χ3n) is 5.16. The van der Waals surface area contributed by atoms with Crippen LogP contribution in [0, 0.1) is 5.92 Å².